The molecular weight excluding hydrogens is 278 g/mol. The molecule has 0 radical (unpaired) electrons. The minimum Gasteiger partial charge on any atom is -0.291 e. The molecule has 1 nitrogen and oxygen atoms in total. The molecule has 0 N–H and O–H groups in total. The summed E-state index contributed by atoms with van der Waals surface area (Å²) in [6.07, 6.45) is -0.0118. The lowest BCUT2D eigenvalue weighted by molar-refractivity contribution is 0.0957. The highest BCUT2D eigenvalue weighted by Gasteiger charge is 2.49. The van der Waals surface area contributed by atoms with E-state index in [0.29, 0.717) is 11.1 Å². The first-order chi connectivity index (χ1) is 6.84. The minimum absolute atomic E-state index is 0.0118. The fourth-order valence-corrected chi connectivity index (χ4v) is 3.26. The second kappa shape index (κ2) is 3.53. The van der Waals surface area contributed by atoms with E-state index in [1.54, 1.807) is 24.3 Å². The highest BCUT2D eigenvalue weighted by atomic mass is 35.5. The van der Waals surface area contributed by atoms with E-state index < -0.39 is 8.67 Å². The van der Waals surface area contributed by atoms with Gasteiger partial charge in [0.05, 0.1) is 0 Å². The number of ketones is 1. The lowest BCUT2D eigenvalue weighted by Crippen LogP contribution is -2.38. The highest BCUT2D eigenvalue weighted by molar-refractivity contribution is 6.62. The number of hydrogen-bond donors (Lipinski definition) is 0. The van der Waals surface area contributed by atoms with Gasteiger partial charge in [0.1, 0.15) is 4.33 Å². The van der Waals surface area contributed by atoms with Crippen LogP contribution in [0.2, 0.25) is 0 Å². The molecule has 1 aliphatic carbocycles. The maximum Gasteiger partial charge on any atom is 0.199 e. The van der Waals surface area contributed by atoms with Gasteiger partial charge < -0.3 is 0 Å². The summed E-state index contributed by atoms with van der Waals surface area (Å²) < 4.78 is -2.76. The van der Waals surface area contributed by atoms with Crippen molar-refractivity contribution in [1.82, 2.24) is 0 Å². The van der Waals surface area contributed by atoms with Crippen molar-refractivity contribution in [3.8, 4) is 0 Å². The standard InChI is InChI=1S/C10H6Cl4O/c11-9(12)5-10(13,14)8(15)6-3-1-2-4-7(6)9/h1-4H,5H2. The zero-order chi connectivity index (χ0) is 11.3. The predicted octanol–water partition coefficient (Wildman–Crippen LogP) is 4.08. The van der Waals surface area contributed by atoms with Gasteiger partial charge in [-0.2, -0.15) is 0 Å². The summed E-state index contributed by atoms with van der Waals surface area (Å²) in [5, 5.41) is 0. The van der Waals surface area contributed by atoms with E-state index in [2.05, 4.69) is 0 Å². The van der Waals surface area contributed by atoms with E-state index in [1.165, 1.54) is 0 Å². The molecular formula is C10H6Cl4O. The first-order valence-corrected chi connectivity index (χ1v) is 5.76. The van der Waals surface area contributed by atoms with E-state index in [1.807, 2.05) is 0 Å². The Morgan fingerprint density at radius 3 is 2.27 bits per heavy atom. The smallest absolute Gasteiger partial charge is 0.199 e. The van der Waals surface area contributed by atoms with E-state index in [-0.39, 0.29) is 12.2 Å². The van der Waals surface area contributed by atoms with Crippen LogP contribution in [0.3, 0.4) is 0 Å². The van der Waals surface area contributed by atoms with Gasteiger partial charge in [-0.1, -0.05) is 70.7 Å². The SMILES string of the molecule is O=C1c2ccccc2C(Cl)(Cl)CC1(Cl)Cl. The van der Waals surface area contributed by atoms with Crippen LogP contribution in [-0.2, 0) is 4.33 Å². The van der Waals surface area contributed by atoms with Crippen LogP contribution in [0.1, 0.15) is 22.3 Å². The topological polar surface area (TPSA) is 17.1 Å². The first kappa shape index (κ1) is 11.5. The van der Waals surface area contributed by atoms with Gasteiger partial charge in [0.25, 0.3) is 0 Å². The van der Waals surface area contributed by atoms with E-state index in [0.717, 1.165) is 0 Å². The van der Waals surface area contributed by atoms with Crippen LogP contribution in [0, 0.1) is 0 Å². The number of carbonyl (C=O) groups is 1. The molecule has 0 atom stereocenters. The molecule has 0 saturated heterocycles. The average Bonchev–Trinajstić information content (AvgIpc) is 2.13. The monoisotopic (exact) mass is 282 g/mol. The molecule has 0 spiro atoms. The van der Waals surface area contributed by atoms with Crippen molar-refractivity contribution in [1.29, 1.82) is 0 Å². The lowest BCUT2D eigenvalue weighted by atomic mass is 9.89. The second-order valence-corrected chi connectivity index (χ2v) is 6.43. The summed E-state index contributed by atoms with van der Waals surface area (Å²) in [6, 6.07) is 6.81. The summed E-state index contributed by atoms with van der Waals surface area (Å²) in [5.74, 6) is -0.349. The van der Waals surface area contributed by atoms with E-state index in [4.69, 9.17) is 46.4 Å². The molecule has 0 fully saturated rings. The Labute approximate surface area is 107 Å². The zero-order valence-corrected chi connectivity index (χ0v) is 10.5. The van der Waals surface area contributed by atoms with Crippen molar-refractivity contribution in [2.75, 3.05) is 0 Å². The second-order valence-electron chi connectivity index (χ2n) is 3.46. The van der Waals surface area contributed by atoms with E-state index >= 15 is 0 Å². The van der Waals surface area contributed by atoms with Crippen molar-refractivity contribution in [2.24, 2.45) is 0 Å². The molecule has 0 bridgehead atoms. The molecule has 0 amide bonds. The number of rotatable bonds is 0. The van der Waals surface area contributed by atoms with Gasteiger partial charge in [0, 0.05) is 12.0 Å². The fraction of sp³-hybridized carbons (Fsp3) is 0.300. The van der Waals surface area contributed by atoms with Crippen molar-refractivity contribution < 1.29 is 4.79 Å². The molecule has 1 aromatic carbocycles. The summed E-state index contributed by atoms with van der Waals surface area (Å²) in [6.45, 7) is 0. The Hall–Kier alpha value is 0.0500. The Morgan fingerprint density at radius 2 is 1.60 bits per heavy atom. The lowest BCUT2D eigenvalue weighted by Gasteiger charge is -2.34. The van der Waals surface area contributed by atoms with Crippen molar-refractivity contribution >= 4 is 52.2 Å². The van der Waals surface area contributed by atoms with E-state index in [9.17, 15) is 4.79 Å². The van der Waals surface area contributed by atoms with Gasteiger partial charge in [0.15, 0.2) is 10.1 Å². The third-order valence-electron chi connectivity index (χ3n) is 2.34. The molecule has 0 heterocycles. The molecule has 0 unspecified atom stereocenters. The molecule has 15 heavy (non-hydrogen) atoms. The molecule has 5 heteroatoms. The van der Waals surface area contributed by atoms with Crippen LogP contribution >= 0.6 is 46.4 Å². The van der Waals surface area contributed by atoms with Gasteiger partial charge >= 0.3 is 0 Å². The molecule has 0 aromatic heterocycles. The van der Waals surface area contributed by atoms with Crippen LogP contribution in [0.15, 0.2) is 24.3 Å². The zero-order valence-electron chi connectivity index (χ0n) is 7.44. The van der Waals surface area contributed by atoms with Crippen molar-refractivity contribution in [3.05, 3.63) is 35.4 Å². The van der Waals surface area contributed by atoms with Crippen LogP contribution in [-0.4, -0.2) is 10.1 Å². The van der Waals surface area contributed by atoms with Crippen LogP contribution in [0.25, 0.3) is 0 Å². The number of carbonyl (C=O) groups excluding carboxylic acids is 1. The van der Waals surface area contributed by atoms with Crippen LogP contribution < -0.4 is 0 Å². The van der Waals surface area contributed by atoms with Crippen molar-refractivity contribution in [3.63, 3.8) is 0 Å². The van der Waals surface area contributed by atoms with Gasteiger partial charge in [-0.05, 0) is 5.56 Å². The molecule has 1 aliphatic rings. The van der Waals surface area contributed by atoms with Gasteiger partial charge in [0.2, 0.25) is 0 Å². The number of halogens is 4. The Balaban J connectivity index is 2.66. The first-order valence-electron chi connectivity index (χ1n) is 4.24. The highest BCUT2D eigenvalue weighted by Crippen LogP contribution is 2.51. The number of benzene rings is 1. The third-order valence-corrected chi connectivity index (χ3v) is 3.63. The fourth-order valence-electron chi connectivity index (χ4n) is 1.65. The molecule has 0 saturated carbocycles. The Bertz CT molecular complexity index is 425. The number of fused-ring (bicyclic) bond motifs is 1. The molecule has 2 rings (SSSR count). The Kier molecular flexibility index (Phi) is 2.71. The predicted molar refractivity (Wildman–Crippen MR) is 63.2 cm³/mol. The number of hydrogen-bond acceptors (Lipinski definition) is 1. The maximum absolute atomic E-state index is 11.8. The quantitative estimate of drug-likeness (QED) is 0.656. The largest absolute Gasteiger partial charge is 0.291 e. The summed E-state index contributed by atoms with van der Waals surface area (Å²) in [5.41, 5.74) is 0.953. The third kappa shape index (κ3) is 1.87. The van der Waals surface area contributed by atoms with Gasteiger partial charge in [-0.3, -0.25) is 4.79 Å². The molecule has 80 valence electrons. The summed E-state index contributed by atoms with van der Waals surface area (Å²) >= 11 is 24.0. The van der Waals surface area contributed by atoms with Crippen molar-refractivity contribution in [2.45, 2.75) is 15.1 Å². The number of alkyl halides is 4. The summed E-state index contributed by atoms with van der Waals surface area (Å²) in [7, 11) is 0. The minimum atomic E-state index is -1.54. The van der Waals surface area contributed by atoms with Gasteiger partial charge in [-0.25, -0.2) is 0 Å². The van der Waals surface area contributed by atoms with Gasteiger partial charge in [-0.15, -0.1) is 0 Å². The molecule has 0 aliphatic heterocycles. The number of Topliss-reactive ketones (excluding diaryl/α,β-unsaturated/α-hetero) is 1. The Morgan fingerprint density at radius 1 is 1.00 bits per heavy atom. The van der Waals surface area contributed by atoms with Crippen LogP contribution in [0.4, 0.5) is 0 Å². The maximum atomic E-state index is 11.8. The summed E-state index contributed by atoms with van der Waals surface area (Å²) in [4.78, 5) is 11.8. The molecule has 1 aromatic rings. The average molecular weight is 284 g/mol. The normalized spacial score (nSPS) is 22.3. The van der Waals surface area contributed by atoms with Crippen LogP contribution in [0.5, 0.6) is 0 Å².